The third kappa shape index (κ3) is 2.63. The Morgan fingerprint density at radius 3 is 3.07 bits per heavy atom. The van der Waals surface area contributed by atoms with Crippen LogP contribution in [0.4, 0.5) is 5.69 Å². The van der Waals surface area contributed by atoms with Gasteiger partial charge in [0.05, 0.1) is 6.54 Å². The van der Waals surface area contributed by atoms with Crippen molar-refractivity contribution < 1.29 is 0 Å². The molecule has 2 nitrogen and oxygen atoms in total. The highest BCUT2D eigenvalue weighted by Crippen LogP contribution is 2.13. The minimum Gasteiger partial charge on any atom is -0.379 e. The molecule has 2 rings (SSSR count). The van der Waals surface area contributed by atoms with E-state index in [-0.39, 0.29) is 0 Å². The van der Waals surface area contributed by atoms with E-state index in [0.29, 0.717) is 0 Å². The van der Waals surface area contributed by atoms with Gasteiger partial charge in [-0.3, -0.25) is 0 Å². The van der Waals surface area contributed by atoms with E-state index in [2.05, 4.69) is 52.0 Å². The number of rotatable bonds is 5. The maximum atomic E-state index is 3.42. The highest BCUT2D eigenvalue weighted by Gasteiger charge is 1.99. The summed E-state index contributed by atoms with van der Waals surface area (Å²) in [6.07, 6.45) is 3.33. The summed E-state index contributed by atoms with van der Waals surface area (Å²) in [7, 11) is 0. The summed E-state index contributed by atoms with van der Waals surface area (Å²) in [6.45, 7) is 4.22. The van der Waals surface area contributed by atoms with Crippen molar-refractivity contribution in [2.24, 2.45) is 0 Å². The van der Waals surface area contributed by atoms with Crippen LogP contribution in [0.5, 0.6) is 0 Å². The van der Waals surface area contributed by atoms with Crippen molar-refractivity contribution in [3.63, 3.8) is 0 Å². The Morgan fingerprint density at radius 2 is 2.33 bits per heavy atom. The highest BCUT2D eigenvalue weighted by molar-refractivity contribution is 7.08. The first kappa shape index (κ1) is 10.3. The second-order valence-corrected chi connectivity index (χ2v) is 4.34. The Kier molecular flexibility index (Phi) is 3.45. The van der Waals surface area contributed by atoms with Gasteiger partial charge in [-0.2, -0.15) is 11.3 Å². The first-order valence-corrected chi connectivity index (χ1v) is 6.24. The number of nitrogens with zero attached hydrogens (tertiary/aromatic N) is 1. The Balaban J connectivity index is 1.95. The van der Waals surface area contributed by atoms with E-state index in [1.807, 2.05) is 0 Å². The molecule has 2 aromatic heterocycles. The SMILES string of the molecule is CCCn1cccc1CNc1ccsc1. The number of hydrogen-bond acceptors (Lipinski definition) is 2. The molecule has 0 atom stereocenters. The van der Waals surface area contributed by atoms with Crippen molar-refractivity contribution in [3.8, 4) is 0 Å². The number of aryl methyl sites for hydroxylation is 1. The molecule has 80 valence electrons. The van der Waals surface area contributed by atoms with Gasteiger partial charge in [-0.05, 0) is 30.0 Å². The lowest BCUT2D eigenvalue weighted by Crippen LogP contribution is -2.06. The molecule has 0 amide bonds. The van der Waals surface area contributed by atoms with Crippen LogP contribution < -0.4 is 5.32 Å². The van der Waals surface area contributed by atoms with E-state index in [9.17, 15) is 0 Å². The van der Waals surface area contributed by atoms with Crippen LogP contribution >= 0.6 is 11.3 Å². The molecule has 0 spiro atoms. The maximum absolute atomic E-state index is 3.42. The third-order valence-corrected chi connectivity index (χ3v) is 3.07. The maximum Gasteiger partial charge on any atom is 0.0553 e. The Bertz CT molecular complexity index is 389. The molecule has 0 aromatic carbocycles. The zero-order valence-electron chi connectivity index (χ0n) is 8.94. The minimum absolute atomic E-state index is 0.906. The summed E-state index contributed by atoms with van der Waals surface area (Å²) in [5, 5.41) is 7.64. The summed E-state index contributed by atoms with van der Waals surface area (Å²) in [5.41, 5.74) is 2.56. The number of hydrogen-bond donors (Lipinski definition) is 1. The normalized spacial score (nSPS) is 10.5. The van der Waals surface area contributed by atoms with Crippen molar-refractivity contribution in [1.82, 2.24) is 4.57 Å². The molecule has 0 saturated heterocycles. The molecule has 1 N–H and O–H groups in total. The van der Waals surface area contributed by atoms with Crippen molar-refractivity contribution in [3.05, 3.63) is 40.8 Å². The average Bonchev–Trinajstić information content (AvgIpc) is 2.85. The fraction of sp³-hybridized carbons (Fsp3) is 0.333. The molecule has 0 aliphatic rings. The van der Waals surface area contributed by atoms with Crippen LogP contribution in [0.25, 0.3) is 0 Å². The Morgan fingerprint density at radius 1 is 1.40 bits per heavy atom. The van der Waals surface area contributed by atoms with Crippen molar-refractivity contribution >= 4 is 17.0 Å². The van der Waals surface area contributed by atoms with Gasteiger partial charge < -0.3 is 9.88 Å². The van der Waals surface area contributed by atoms with Crippen LogP contribution in [0.15, 0.2) is 35.2 Å². The first-order chi connectivity index (χ1) is 7.40. The molecule has 3 heteroatoms. The summed E-state index contributed by atoms with van der Waals surface area (Å²) in [4.78, 5) is 0. The lowest BCUT2D eigenvalue weighted by molar-refractivity contribution is 0.654. The molecule has 15 heavy (non-hydrogen) atoms. The lowest BCUT2D eigenvalue weighted by Gasteiger charge is -2.08. The largest absolute Gasteiger partial charge is 0.379 e. The van der Waals surface area contributed by atoms with Gasteiger partial charge in [0.15, 0.2) is 0 Å². The smallest absolute Gasteiger partial charge is 0.0553 e. The number of aromatic nitrogens is 1. The fourth-order valence-corrected chi connectivity index (χ4v) is 2.24. The van der Waals surface area contributed by atoms with Gasteiger partial charge >= 0.3 is 0 Å². The molecular formula is C12H16N2S. The van der Waals surface area contributed by atoms with Gasteiger partial charge in [0.25, 0.3) is 0 Å². The topological polar surface area (TPSA) is 17.0 Å². The molecular weight excluding hydrogens is 204 g/mol. The van der Waals surface area contributed by atoms with Crippen molar-refractivity contribution in [2.45, 2.75) is 26.4 Å². The van der Waals surface area contributed by atoms with Crippen LogP contribution in [-0.2, 0) is 13.1 Å². The molecule has 0 saturated carbocycles. The zero-order valence-corrected chi connectivity index (χ0v) is 9.76. The molecule has 2 heterocycles. The van der Waals surface area contributed by atoms with Crippen molar-refractivity contribution in [1.29, 1.82) is 0 Å². The molecule has 0 fully saturated rings. The summed E-state index contributed by atoms with van der Waals surface area (Å²) < 4.78 is 2.30. The molecule has 0 bridgehead atoms. The van der Waals surface area contributed by atoms with Gasteiger partial charge in [-0.1, -0.05) is 6.92 Å². The monoisotopic (exact) mass is 220 g/mol. The number of anilines is 1. The Hall–Kier alpha value is -1.22. The predicted octanol–water partition coefficient (Wildman–Crippen LogP) is 3.57. The van der Waals surface area contributed by atoms with E-state index in [4.69, 9.17) is 0 Å². The minimum atomic E-state index is 0.906. The second-order valence-electron chi connectivity index (χ2n) is 3.56. The predicted molar refractivity (Wildman–Crippen MR) is 66.4 cm³/mol. The molecule has 0 radical (unpaired) electrons. The van der Waals surface area contributed by atoms with Gasteiger partial charge in [-0.15, -0.1) is 0 Å². The van der Waals surface area contributed by atoms with Crippen LogP contribution in [0.3, 0.4) is 0 Å². The molecule has 0 unspecified atom stereocenters. The van der Waals surface area contributed by atoms with Crippen LogP contribution in [0, 0.1) is 0 Å². The van der Waals surface area contributed by atoms with Gasteiger partial charge in [-0.25, -0.2) is 0 Å². The number of thiophene rings is 1. The van der Waals surface area contributed by atoms with E-state index in [1.54, 1.807) is 11.3 Å². The number of nitrogens with one attached hydrogen (secondary N) is 1. The molecule has 2 aromatic rings. The standard InChI is InChI=1S/C12H16N2S/c1-2-6-14-7-3-4-12(14)9-13-11-5-8-15-10-11/h3-5,7-8,10,13H,2,6,9H2,1H3. The molecule has 0 aliphatic heterocycles. The summed E-state index contributed by atoms with van der Waals surface area (Å²) in [5.74, 6) is 0. The van der Waals surface area contributed by atoms with Crippen molar-refractivity contribution in [2.75, 3.05) is 5.32 Å². The molecule has 0 aliphatic carbocycles. The van der Waals surface area contributed by atoms with Crippen LogP contribution in [0.2, 0.25) is 0 Å². The fourth-order valence-electron chi connectivity index (χ4n) is 1.63. The van der Waals surface area contributed by atoms with Crippen LogP contribution in [0.1, 0.15) is 19.0 Å². The zero-order chi connectivity index (χ0) is 10.5. The summed E-state index contributed by atoms with van der Waals surface area (Å²) >= 11 is 1.72. The van der Waals surface area contributed by atoms with E-state index >= 15 is 0 Å². The summed E-state index contributed by atoms with van der Waals surface area (Å²) in [6, 6.07) is 6.40. The average molecular weight is 220 g/mol. The quantitative estimate of drug-likeness (QED) is 0.815. The van der Waals surface area contributed by atoms with Gasteiger partial charge in [0, 0.05) is 29.5 Å². The highest BCUT2D eigenvalue weighted by atomic mass is 32.1. The third-order valence-electron chi connectivity index (χ3n) is 2.38. The van der Waals surface area contributed by atoms with E-state index in [1.165, 1.54) is 17.8 Å². The van der Waals surface area contributed by atoms with Crippen LogP contribution in [-0.4, -0.2) is 4.57 Å². The second kappa shape index (κ2) is 5.03. The van der Waals surface area contributed by atoms with Gasteiger partial charge in [0.1, 0.15) is 0 Å². The first-order valence-electron chi connectivity index (χ1n) is 5.30. The Labute approximate surface area is 94.6 Å². The van der Waals surface area contributed by atoms with Gasteiger partial charge in [0.2, 0.25) is 0 Å². The van der Waals surface area contributed by atoms with E-state index in [0.717, 1.165) is 13.1 Å². The lowest BCUT2D eigenvalue weighted by atomic mass is 10.4. The van der Waals surface area contributed by atoms with E-state index < -0.39 is 0 Å².